The first-order valence-electron chi connectivity index (χ1n) is 5.17. The van der Waals surface area contributed by atoms with Crippen LogP contribution in [0, 0.1) is 5.92 Å². The third-order valence-electron chi connectivity index (χ3n) is 2.83. The van der Waals surface area contributed by atoms with Gasteiger partial charge in [0.15, 0.2) is 0 Å². The summed E-state index contributed by atoms with van der Waals surface area (Å²) in [6, 6.07) is 2.89. The smallest absolute Gasteiger partial charge is 0.0223 e. The minimum Gasteiger partial charge on any atom is -0.357 e. The molecule has 0 saturated carbocycles. The maximum atomic E-state index is 3.63. The van der Waals surface area contributed by atoms with E-state index in [0.29, 0.717) is 6.04 Å². The molecule has 0 amide bonds. The Bertz CT molecular complexity index is 295. The molecule has 1 N–H and O–H groups in total. The van der Waals surface area contributed by atoms with Crippen molar-refractivity contribution in [2.24, 2.45) is 13.0 Å². The lowest BCUT2D eigenvalue weighted by molar-refractivity contribution is 0.453. The second kappa shape index (κ2) is 4.41. The summed E-state index contributed by atoms with van der Waals surface area (Å²) in [4.78, 5) is 0. The summed E-state index contributed by atoms with van der Waals surface area (Å²) in [5, 5.41) is 3.63. The molecule has 1 saturated heterocycles. The zero-order chi connectivity index (χ0) is 9.97. The summed E-state index contributed by atoms with van der Waals surface area (Å²) in [5.74, 6) is 3.41. The van der Waals surface area contributed by atoms with E-state index in [4.69, 9.17) is 0 Å². The molecule has 0 radical (unpaired) electrons. The van der Waals surface area contributed by atoms with Crippen molar-refractivity contribution in [2.45, 2.75) is 19.5 Å². The van der Waals surface area contributed by atoms with Crippen molar-refractivity contribution < 1.29 is 0 Å². The second-order valence-electron chi connectivity index (χ2n) is 4.19. The van der Waals surface area contributed by atoms with Crippen LogP contribution in [0.1, 0.15) is 12.5 Å². The topological polar surface area (TPSA) is 17.0 Å². The molecule has 1 aromatic rings. The molecule has 2 atom stereocenters. The molecule has 1 fully saturated rings. The fourth-order valence-electron chi connectivity index (χ4n) is 1.84. The highest BCUT2D eigenvalue weighted by atomic mass is 32.2. The number of hydrogen-bond acceptors (Lipinski definition) is 2. The predicted molar refractivity (Wildman–Crippen MR) is 62.5 cm³/mol. The van der Waals surface area contributed by atoms with E-state index < -0.39 is 0 Å². The third-order valence-corrected chi connectivity index (χ3v) is 4.18. The molecule has 1 aliphatic heterocycles. The Morgan fingerprint density at radius 3 is 3.00 bits per heavy atom. The number of aromatic nitrogens is 1. The van der Waals surface area contributed by atoms with Crippen molar-refractivity contribution in [3.63, 3.8) is 0 Å². The molecule has 2 heterocycles. The summed E-state index contributed by atoms with van der Waals surface area (Å²) >= 11 is 2.06. The first-order valence-corrected chi connectivity index (χ1v) is 6.33. The Labute approximate surface area is 90.1 Å². The Hall–Kier alpha value is -0.410. The molecule has 2 nitrogen and oxygen atoms in total. The van der Waals surface area contributed by atoms with Gasteiger partial charge in [-0.3, -0.25) is 0 Å². The summed E-state index contributed by atoms with van der Waals surface area (Å²) in [6.45, 7) is 3.35. The SMILES string of the molecule is CC1CSCC1NCc1ccn(C)c1. The minimum absolute atomic E-state index is 0.709. The van der Waals surface area contributed by atoms with Crippen LogP contribution in [0.15, 0.2) is 18.5 Å². The number of aryl methyl sites for hydroxylation is 1. The van der Waals surface area contributed by atoms with Gasteiger partial charge in [-0.15, -0.1) is 0 Å². The zero-order valence-corrected chi connectivity index (χ0v) is 9.68. The van der Waals surface area contributed by atoms with Crippen LogP contribution in [0.2, 0.25) is 0 Å². The molecular formula is C11H18N2S. The largest absolute Gasteiger partial charge is 0.357 e. The third kappa shape index (κ3) is 2.34. The van der Waals surface area contributed by atoms with Crippen LogP contribution in [-0.2, 0) is 13.6 Å². The van der Waals surface area contributed by atoms with E-state index >= 15 is 0 Å². The Morgan fingerprint density at radius 1 is 1.57 bits per heavy atom. The number of hydrogen-bond donors (Lipinski definition) is 1. The van der Waals surface area contributed by atoms with Gasteiger partial charge in [0, 0.05) is 37.8 Å². The van der Waals surface area contributed by atoms with Crippen LogP contribution >= 0.6 is 11.8 Å². The highest BCUT2D eigenvalue weighted by Crippen LogP contribution is 2.23. The van der Waals surface area contributed by atoms with Gasteiger partial charge in [-0.2, -0.15) is 11.8 Å². The highest BCUT2D eigenvalue weighted by molar-refractivity contribution is 7.99. The molecule has 0 aromatic carbocycles. The standard InChI is InChI=1S/C11H18N2S/c1-9-7-14-8-11(9)12-5-10-3-4-13(2)6-10/h3-4,6,9,11-12H,5,7-8H2,1-2H3. The van der Waals surface area contributed by atoms with Gasteiger partial charge in [0.2, 0.25) is 0 Å². The van der Waals surface area contributed by atoms with E-state index in [0.717, 1.165) is 12.5 Å². The van der Waals surface area contributed by atoms with Gasteiger partial charge in [-0.25, -0.2) is 0 Å². The lowest BCUT2D eigenvalue weighted by Crippen LogP contribution is -2.33. The van der Waals surface area contributed by atoms with Gasteiger partial charge in [-0.05, 0) is 23.3 Å². The van der Waals surface area contributed by atoms with Crippen molar-refractivity contribution in [3.8, 4) is 0 Å². The number of rotatable bonds is 3. The average molecular weight is 210 g/mol. The summed E-state index contributed by atoms with van der Waals surface area (Å²) < 4.78 is 2.10. The van der Waals surface area contributed by atoms with E-state index in [-0.39, 0.29) is 0 Å². The number of thioether (sulfide) groups is 1. The predicted octanol–water partition coefficient (Wildman–Crippen LogP) is 1.87. The van der Waals surface area contributed by atoms with Crippen molar-refractivity contribution in [3.05, 3.63) is 24.0 Å². The average Bonchev–Trinajstić information content (AvgIpc) is 2.72. The molecule has 2 rings (SSSR count). The summed E-state index contributed by atoms with van der Waals surface area (Å²) in [7, 11) is 2.07. The Kier molecular flexibility index (Phi) is 3.19. The Morgan fingerprint density at radius 2 is 2.43 bits per heavy atom. The second-order valence-corrected chi connectivity index (χ2v) is 5.26. The zero-order valence-electron chi connectivity index (χ0n) is 8.86. The van der Waals surface area contributed by atoms with Crippen LogP contribution in [0.5, 0.6) is 0 Å². The maximum absolute atomic E-state index is 3.63. The van der Waals surface area contributed by atoms with Crippen molar-refractivity contribution >= 4 is 11.8 Å². The van der Waals surface area contributed by atoms with Gasteiger partial charge >= 0.3 is 0 Å². The van der Waals surface area contributed by atoms with E-state index in [1.807, 2.05) is 0 Å². The van der Waals surface area contributed by atoms with Gasteiger partial charge in [-0.1, -0.05) is 6.92 Å². The van der Waals surface area contributed by atoms with Gasteiger partial charge in [0.05, 0.1) is 0 Å². The normalized spacial score (nSPS) is 27.0. The van der Waals surface area contributed by atoms with Crippen LogP contribution in [0.3, 0.4) is 0 Å². The molecule has 14 heavy (non-hydrogen) atoms. The maximum Gasteiger partial charge on any atom is 0.0223 e. The lowest BCUT2D eigenvalue weighted by atomic mass is 10.1. The minimum atomic E-state index is 0.709. The van der Waals surface area contributed by atoms with Crippen molar-refractivity contribution in [2.75, 3.05) is 11.5 Å². The van der Waals surface area contributed by atoms with Crippen molar-refractivity contribution in [1.82, 2.24) is 9.88 Å². The number of nitrogens with zero attached hydrogens (tertiary/aromatic N) is 1. The molecule has 0 aliphatic carbocycles. The van der Waals surface area contributed by atoms with Gasteiger partial charge in [0.25, 0.3) is 0 Å². The van der Waals surface area contributed by atoms with Crippen LogP contribution in [0.25, 0.3) is 0 Å². The van der Waals surface area contributed by atoms with E-state index in [2.05, 4.69) is 54.1 Å². The fraction of sp³-hybridized carbons (Fsp3) is 0.636. The molecule has 78 valence electrons. The van der Waals surface area contributed by atoms with Gasteiger partial charge < -0.3 is 9.88 Å². The molecular weight excluding hydrogens is 192 g/mol. The first-order chi connectivity index (χ1) is 6.75. The molecule has 3 heteroatoms. The first kappa shape index (κ1) is 10.1. The van der Waals surface area contributed by atoms with Gasteiger partial charge in [0.1, 0.15) is 0 Å². The van der Waals surface area contributed by atoms with Crippen LogP contribution in [-0.4, -0.2) is 22.1 Å². The van der Waals surface area contributed by atoms with Crippen LogP contribution in [0.4, 0.5) is 0 Å². The molecule has 0 bridgehead atoms. The van der Waals surface area contributed by atoms with E-state index in [9.17, 15) is 0 Å². The summed E-state index contributed by atoms with van der Waals surface area (Å²) in [6.07, 6.45) is 4.28. The number of nitrogens with one attached hydrogen (secondary N) is 1. The molecule has 0 spiro atoms. The van der Waals surface area contributed by atoms with Crippen molar-refractivity contribution in [1.29, 1.82) is 0 Å². The highest BCUT2D eigenvalue weighted by Gasteiger charge is 2.22. The quantitative estimate of drug-likeness (QED) is 0.820. The monoisotopic (exact) mass is 210 g/mol. The summed E-state index contributed by atoms with van der Waals surface area (Å²) in [5.41, 5.74) is 1.39. The van der Waals surface area contributed by atoms with E-state index in [1.54, 1.807) is 0 Å². The molecule has 1 aliphatic rings. The lowest BCUT2D eigenvalue weighted by Gasteiger charge is -2.15. The van der Waals surface area contributed by atoms with E-state index in [1.165, 1.54) is 17.1 Å². The Balaban J connectivity index is 1.82. The van der Waals surface area contributed by atoms with Crippen LogP contribution < -0.4 is 5.32 Å². The molecule has 1 aromatic heterocycles. The fourth-order valence-corrected chi connectivity index (χ4v) is 3.28. The molecule has 2 unspecified atom stereocenters.